The summed E-state index contributed by atoms with van der Waals surface area (Å²) in [7, 11) is 0. The average Bonchev–Trinajstić information content (AvgIpc) is 2.73. The molecule has 3 aliphatic heterocycles. The number of fused-ring (bicyclic) bond motifs is 1. The average molecular weight is 488 g/mol. The van der Waals surface area contributed by atoms with Crippen LogP contribution in [-0.4, -0.2) is 48.2 Å². The molecule has 8 nitrogen and oxygen atoms in total. The van der Waals surface area contributed by atoms with Crippen LogP contribution in [-0.2, 0) is 20.6 Å². The highest BCUT2D eigenvalue weighted by Gasteiger charge is 2.49. The fourth-order valence-electron chi connectivity index (χ4n) is 4.77. The Morgan fingerprint density at radius 2 is 2.00 bits per heavy atom. The maximum Gasteiger partial charge on any atom is 0.417 e. The molecule has 3 heterocycles. The van der Waals surface area contributed by atoms with Crippen molar-refractivity contribution in [2.45, 2.75) is 44.8 Å². The molecule has 12 heteroatoms. The molecule has 3 amide bonds. The van der Waals surface area contributed by atoms with E-state index in [1.54, 1.807) is 0 Å². The number of piperidine rings is 2. The molecule has 0 spiro atoms. The topological polar surface area (TPSA) is 103 Å². The first-order valence-corrected chi connectivity index (χ1v) is 11.2. The molecule has 3 saturated heterocycles. The quantitative estimate of drug-likeness (QED) is 0.523. The van der Waals surface area contributed by atoms with Crippen LogP contribution in [0.2, 0.25) is 5.02 Å². The number of amides is 3. The third-order valence-corrected chi connectivity index (χ3v) is 6.69. The lowest BCUT2D eigenvalue weighted by molar-refractivity contribution is -0.148. The SMILES string of the molecule is CC1CCCN(C2NC(=O)C3C(NC(=O)CC3C(=O)Nc3ccc(Cl)c(C(F)(F)F)c3)N2)C1. The van der Waals surface area contributed by atoms with Crippen molar-refractivity contribution in [3.8, 4) is 0 Å². The van der Waals surface area contributed by atoms with E-state index in [9.17, 15) is 27.6 Å². The van der Waals surface area contributed by atoms with Crippen LogP contribution in [0, 0.1) is 17.8 Å². The van der Waals surface area contributed by atoms with Crippen molar-refractivity contribution in [3.63, 3.8) is 0 Å². The van der Waals surface area contributed by atoms with E-state index in [2.05, 4.69) is 33.1 Å². The Morgan fingerprint density at radius 1 is 1.24 bits per heavy atom. The van der Waals surface area contributed by atoms with E-state index in [1.807, 2.05) is 0 Å². The maximum atomic E-state index is 13.1. The molecule has 1 aromatic carbocycles. The monoisotopic (exact) mass is 487 g/mol. The van der Waals surface area contributed by atoms with Crippen molar-refractivity contribution in [3.05, 3.63) is 28.8 Å². The predicted molar refractivity (Wildman–Crippen MR) is 114 cm³/mol. The summed E-state index contributed by atoms with van der Waals surface area (Å²) < 4.78 is 39.4. The van der Waals surface area contributed by atoms with Crippen molar-refractivity contribution < 1.29 is 27.6 Å². The van der Waals surface area contributed by atoms with Crippen molar-refractivity contribution in [1.29, 1.82) is 0 Å². The van der Waals surface area contributed by atoms with E-state index in [4.69, 9.17) is 11.6 Å². The second-order valence-corrected chi connectivity index (χ2v) is 9.29. The van der Waals surface area contributed by atoms with E-state index < -0.39 is 58.8 Å². The maximum absolute atomic E-state index is 13.1. The standard InChI is InChI=1S/C21H25ClF3N5O3/c1-10-3-2-6-30(9-10)20-28-17-16(19(33)29-20)12(8-15(31)27-17)18(32)26-11-4-5-14(22)13(7-11)21(23,24)25/h4-5,7,10,12,16-17,20,28H,2-3,6,8-9H2,1H3,(H,26,32)(H,27,31)(H,29,33). The summed E-state index contributed by atoms with van der Waals surface area (Å²) in [5.41, 5.74) is -1.21. The second kappa shape index (κ2) is 9.11. The van der Waals surface area contributed by atoms with E-state index in [0.717, 1.165) is 38.1 Å². The Kier molecular flexibility index (Phi) is 6.56. The van der Waals surface area contributed by atoms with Gasteiger partial charge >= 0.3 is 6.18 Å². The highest BCUT2D eigenvalue weighted by molar-refractivity contribution is 6.31. The Bertz CT molecular complexity index is 960. The van der Waals surface area contributed by atoms with E-state index in [-0.39, 0.29) is 12.1 Å². The Balaban J connectivity index is 1.50. The molecular formula is C21H25ClF3N5O3. The zero-order valence-corrected chi connectivity index (χ0v) is 18.6. The number of hydrogen-bond donors (Lipinski definition) is 4. The van der Waals surface area contributed by atoms with E-state index in [0.29, 0.717) is 5.92 Å². The van der Waals surface area contributed by atoms with Crippen LogP contribution in [0.1, 0.15) is 31.7 Å². The van der Waals surface area contributed by atoms with Crippen molar-refractivity contribution in [1.82, 2.24) is 20.9 Å². The first-order chi connectivity index (χ1) is 15.5. The largest absolute Gasteiger partial charge is 0.417 e. The predicted octanol–water partition coefficient (Wildman–Crippen LogP) is 2.11. The number of nitrogens with zero attached hydrogens (tertiary/aromatic N) is 1. The molecule has 33 heavy (non-hydrogen) atoms. The van der Waals surface area contributed by atoms with Gasteiger partial charge in [0.15, 0.2) is 0 Å². The number of halogens is 4. The number of carbonyl (C=O) groups is 3. The van der Waals surface area contributed by atoms with Gasteiger partial charge in [-0.05, 0) is 37.0 Å². The lowest BCUT2D eigenvalue weighted by Crippen LogP contribution is -2.74. The number of alkyl halides is 3. The van der Waals surface area contributed by atoms with Gasteiger partial charge in [-0.2, -0.15) is 13.2 Å². The summed E-state index contributed by atoms with van der Waals surface area (Å²) in [5.74, 6) is -3.02. The minimum absolute atomic E-state index is 0.122. The number of benzene rings is 1. The van der Waals surface area contributed by atoms with Gasteiger partial charge in [-0.3, -0.25) is 24.6 Å². The molecule has 1 aromatic rings. The summed E-state index contributed by atoms with van der Waals surface area (Å²) in [6.45, 7) is 3.70. The first-order valence-electron chi connectivity index (χ1n) is 10.8. The molecule has 5 unspecified atom stereocenters. The third-order valence-electron chi connectivity index (χ3n) is 6.36. The molecule has 0 aromatic heterocycles. The van der Waals surface area contributed by atoms with Gasteiger partial charge in [0.1, 0.15) is 6.29 Å². The van der Waals surface area contributed by atoms with Crippen molar-refractivity contribution in [2.24, 2.45) is 17.8 Å². The molecule has 180 valence electrons. The number of likely N-dealkylation sites (tertiary alicyclic amines) is 1. The van der Waals surface area contributed by atoms with E-state index in [1.165, 1.54) is 6.07 Å². The van der Waals surface area contributed by atoms with Crippen LogP contribution in [0.15, 0.2) is 18.2 Å². The molecule has 0 bridgehead atoms. The lowest BCUT2D eigenvalue weighted by Gasteiger charge is -2.47. The summed E-state index contributed by atoms with van der Waals surface area (Å²) in [6.07, 6.45) is -4.11. The van der Waals surface area contributed by atoms with Crippen LogP contribution < -0.4 is 21.3 Å². The van der Waals surface area contributed by atoms with E-state index >= 15 is 0 Å². The van der Waals surface area contributed by atoms with Crippen LogP contribution in [0.25, 0.3) is 0 Å². The zero-order chi connectivity index (χ0) is 23.9. The van der Waals surface area contributed by atoms with Gasteiger partial charge in [0, 0.05) is 25.2 Å². The molecule has 3 fully saturated rings. The van der Waals surface area contributed by atoms with Crippen LogP contribution in [0.3, 0.4) is 0 Å². The van der Waals surface area contributed by atoms with Crippen molar-refractivity contribution >= 4 is 35.0 Å². The lowest BCUT2D eigenvalue weighted by atomic mass is 9.81. The zero-order valence-electron chi connectivity index (χ0n) is 17.8. The Morgan fingerprint density at radius 3 is 2.70 bits per heavy atom. The van der Waals surface area contributed by atoms with Gasteiger partial charge in [0.2, 0.25) is 17.7 Å². The smallest absolute Gasteiger partial charge is 0.340 e. The third kappa shape index (κ3) is 5.10. The fraction of sp³-hybridized carbons (Fsp3) is 0.571. The van der Waals surface area contributed by atoms with Gasteiger partial charge in [0.25, 0.3) is 0 Å². The summed E-state index contributed by atoms with van der Waals surface area (Å²) in [5, 5.41) is 10.7. The second-order valence-electron chi connectivity index (χ2n) is 8.88. The molecule has 0 radical (unpaired) electrons. The number of carbonyl (C=O) groups excluding carboxylic acids is 3. The fourth-order valence-corrected chi connectivity index (χ4v) is 5.00. The highest BCUT2D eigenvalue weighted by Crippen LogP contribution is 2.36. The van der Waals surface area contributed by atoms with Gasteiger partial charge in [-0.25, -0.2) is 0 Å². The first kappa shape index (κ1) is 23.8. The Hall–Kier alpha value is -2.37. The number of rotatable bonds is 3. The van der Waals surface area contributed by atoms with Crippen LogP contribution in [0.5, 0.6) is 0 Å². The molecule has 5 atom stereocenters. The molecule has 0 aliphatic carbocycles. The normalized spacial score (nSPS) is 30.8. The van der Waals surface area contributed by atoms with Gasteiger partial charge in [-0.15, -0.1) is 0 Å². The van der Waals surface area contributed by atoms with Gasteiger partial charge < -0.3 is 16.0 Å². The number of anilines is 1. The molecule has 0 saturated carbocycles. The number of hydrogen-bond acceptors (Lipinski definition) is 5. The molecular weight excluding hydrogens is 463 g/mol. The van der Waals surface area contributed by atoms with Crippen molar-refractivity contribution in [2.75, 3.05) is 18.4 Å². The van der Waals surface area contributed by atoms with Gasteiger partial charge in [0.05, 0.1) is 28.6 Å². The number of nitrogens with one attached hydrogen (secondary N) is 4. The minimum atomic E-state index is -4.69. The molecule has 4 N–H and O–H groups in total. The van der Waals surface area contributed by atoms with Gasteiger partial charge in [-0.1, -0.05) is 18.5 Å². The minimum Gasteiger partial charge on any atom is -0.340 e. The summed E-state index contributed by atoms with van der Waals surface area (Å²) in [6, 6.07) is 3.01. The Labute approximate surface area is 193 Å². The van der Waals surface area contributed by atoms with Crippen LogP contribution in [0.4, 0.5) is 18.9 Å². The van der Waals surface area contributed by atoms with Crippen LogP contribution >= 0.6 is 11.6 Å². The summed E-state index contributed by atoms with van der Waals surface area (Å²) >= 11 is 5.63. The molecule has 4 rings (SSSR count). The molecule has 3 aliphatic rings. The summed E-state index contributed by atoms with van der Waals surface area (Å²) in [4.78, 5) is 40.4. The highest BCUT2D eigenvalue weighted by atomic mass is 35.5.